The number of amides is 2. The van der Waals surface area contributed by atoms with Crippen LogP contribution in [-0.2, 0) is 9.59 Å². The van der Waals surface area contributed by atoms with Gasteiger partial charge in [-0.15, -0.1) is 11.3 Å². The molecule has 3 N–H and O–H groups in total. The summed E-state index contributed by atoms with van der Waals surface area (Å²) in [5.74, 6) is -3.01. The Labute approximate surface area is 120 Å². The zero-order chi connectivity index (χ0) is 14.5. The van der Waals surface area contributed by atoms with Crippen LogP contribution in [0.15, 0.2) is 17.5 Å². The number of carbonyl (C=O) groups excluding carboxylic acids is 2. The maximum Gasteiger partial charge on any atom is 0.307 e. The van der Waals surface area contributed by atoms with Crippen molar-refractivity contribution >= 4 is 29.1 Å². The van der Waals surface area contributed by atoms with Crippen molar-refractivity contribution in [1.29, 1.82) is 0 Å². The molecule has 0 aromatic carbocycles. The molecular formula is C13H16N2O4S. The highest BCUT2D eigenvalue weighted by Crippen LogP contribution is 2.30. The third-order valence-electron chi connectivity index (χ3n) is 3.46. The molecule has 2 amide bonds. The summed E-state index contributed by atoms with van der Waals surface area (Å²) in [5, 5.41) is 10.9. The number of hydrogen-bond donors (Lipinski definition) is 3. The summed E-state index contributed by atoms with van der Waals surface area (Å²) in [7, 11) is 0. The number of carboxylic acids is 1. The largest absolute Gasteiger partial charge is 0.481 e. The van der Waals surface area contributed by atoms with Crippen molar-refractivity contribution in [3.05, 3.63) is 22.4 Å². The van der Waals surface area contributed by atoms with Crippen LogP contribution >= 0.6 is 11.3 Å². The summed E-state index contributed by atoms with van der Waals surface area (Å²) in [5.41, 5.74) is 4.65. The normalized spacial score (nSPS) is 22.0. The van der Waals surface area contributed by atoms with Gasteiger partial charge in [-0.1, -0.05) is 18.9 Å². The van der Waals surface area contributed by atoms with Gasteiger partial charge in [-0.25, -0.2) is 0 Å². The first-order chi connectivity index (χ1) is 9.59. The fourth-order valence-corrected chi connectivity index (χ4v) is 3.04. The maximum absolute atomic E-state index is 12.0. The molecule has 0 unspecified atom stereocenters. The number of nitrogens with one attached hydrogen (secondary N) is 2. The van der Waals surface area contributed by atoms with E-state index >= 15 is 0 Å². The smallest absolute Gasteiger partial charge is 0.307 e. The molecule has 0 spiro atoms. The van der Waals surface area contributed by atoms with Crippen molar-refractivity contribution in [3.63, 3.8) is 0 Å². The van der Waals surface area contributed by atoms with Gasteiger partial charge >= 0.3 is 5.97 Å². The number of rotatable bonds is 3. The van der Waals surface area contributed by atoms with Gasteiger partial charge < -0.3 is 5.11 Å². The molecule has 1 heterocycles. The Morgan fingerprint density at radius 1 is 1.15 bits per heavy atom. The molecule has 7 heteroatoms. The average molecular weight is 296 g/mol. The number of thiophene rings is 1. The molecule has 6 nitrogen and oxygen atoms in total. The Morgan fingerprint density at radius 3 is 2.45 bits per heavy atom. The summed E-state index contributed by atoms with van der Waals surface area (Å²) < 4.78 is 0. The van der Waals surface area contributed by atoms with Crippen LogP contribution in [0.3, 0.4) is 0 Å². The number of aliphatic carboxylic acids is 1. The zero-order valence-corrected chi connectivity index (χ0v) is 11.6. The van der Waals surface area contributed by atoms with Gasteiger partial charge in [-0.3, -0.25) is 25.2 Å². The molecule has 0 radical (unpaired) electrons. The van der Waals surface area contributed by atoms with Gasteiger partial charge in [0, 0.05) is 0 Å². The van der Waals surface area contributed by atoms with E-state index in [-0.39, 0.29) is 0 Å². The second-order valence-corrected chi connectivity index (χ2v) is 5.70. The lowest BCUT2D eigenvalue weighted by atomic mass is 9.79. The molecule has 0 bridgehead atoms. The molecule has 1 aliphatic rings. The number of hydrogen-bond acceptors (Lipinski definition) is 4. The summed E-state index contributed by atoms with van der Waals surface area (Å²) in [6.45, 7) is 0. The van der Waals surface area contributed by atoms with Gasteiger partial charge in [0.25, 0.3) is 5.91 Å². The minimum Gasteiger partial charge on any atom is -0.481 e. The Kier molecular flexibility index (Phi) is 4.73. The first-order valence-corrected chi connectivity index (χ1v) is 7.34. The highest BCUT2D eigenvalue weighted by atomic mass is 32.1. The molecular weight excluding hydrogens is 280 g/mol. The van der Waals surface area contributed by atoms with Crippen molar-refractivity contribution in [1.82, 2.24) is 10.9 Å². The quantitative estimate of drug-likeness (QED) is 0.735. The molecule has 1 aromatic heterocycles. The third kappa shape index (κ3) is 3.36. The fourth-order valence-electron chi connectivity index (χ4n) is 2.42. The van der Waals surface area contributed by atoms with Gasteiger partial charge in [0.2, 0.25) is 5.91 Å². The Bertz CT molecular complexity index is 500. The van der Waals surface area contributed by atoms with Crippen molar-refractivity contribution in [3.8, 4) is 0 Å². The van der Waals surface area contributed by atoms with E-state index in [4.69, 9.17) is 5.11 Å². The SMILES string of the molecule is O=C(NNC(=O)[C@H]1CCCC[C@H]1C(=O)O)c1cccs1. The van der Waals surface area contributed by atoms with Crippen LogP contribution in [0.5, 0.6) is 0 Å². The molecule has 0 aliphatic heterocycles. The van der Waals surface area contributed by atoms with E-state index in [1.165, 1.54) is 11.3 Å². The summed E-state index contributed by atoms with van der Waals surface area (Å²) in [6, 6.07) is 3.38. The van der Waals surface area contributed by atoms with Crippen molar-refractivity contribution in [2.75, 3.05) is 0 Å². The summed E-state index contributed by atoms with van der Waals surface area (Å²) in [4.78, 5) is 35.3. The minimum atomic E-state index is -0.950. The molecule has 20 heavy (non-hydrogen) atoms. The fraction of sp³-hybridized carbons (Fsp3) is 0.462. The van der Waals surface area contributed by atoms with E-state index in [1.54, 1.807) is 17.5 Å². The lowest BCUT2D eigenvalue weighted by molar-refractivity contribution is -0.149. The highest BCUT2D eigenvalue weighted by molar-refractivity contribution is 7.12. The van der Waals surface area contributed by atoms with Crippen LogP contribution in [0.25, 0.3) is 0 Å². The number of carboxylic acid groups (broad SMARTS) is 1. The molecule has 2 rings (SSSR count). The Morgan fingerprint density at radius 2 is 1.85 bits per heavy atom. The van der Waals surface area contributed by atoms with Crippen molar-refractivity contribution < 1.29 is 19.5 Å². The van der Waals surface area contributed by atoms with E-state index in [9.17, 15) is 14.4 Å². The van der Waals surface area contributed by atoms with Gasteiger partial charge in [-0.05, 0) is 24.3 Å². The lowest BCUT2D eigenvalue weighted by Crippen LogP contribution is -2.47. The lowest BCUT2D eigenvalue weighted by Gasteiger charge is -2.27. The first kappa shape index (κ1) is 14.5. The number of hydrazine groups is 1. The van der Waals surface area contributed by atoms with E-state index < -0.39 is 29.6 Å². The van der Waals surface area contributed by atoms with Gasteiger partial charge in [-0.2, -0.15) is 0 Å². The predicted octanol–water partition coefficient (Wildman–Crippen LogP) is 1.40. The molecule has 2 atom stereocenters. The van der Waals surface area contributed by atoms with Crippen molar-refractivity contribution in [2.45, 2.75) is 25.7 Å². The number of carbonyl (C=O) groups is 3. The first-order valence-electron chi connectivity index (χ1n) is 6.46. The van der Waals surface area contributed by atoms with Crippen LogP contribution in [0.4, 0.5) is 0 Å². The summed E-state index contributed by atoms with van der Waals surface area (Å²) >= 11 is 1.27. The van der Waals surface area contributed by atoms with E-state index in [1.807, 2.05) is 0 Å². The third-order valence-corrected chi connectivity index (χ3v) is 4.33. The van der Waals surface area contributed by atoms with E-state index in [0.29, 0.717) is 17.7 Å². The topological polar surface area (TPSA) is 95.5 Å². The standard InChI is InChI=1S/C13H16N2O4S/c16-11(8-4-1-2-5-9(8)13(18)19)14-15-12(17)10-6-3-7-20-10/h3,6-9H,1-2,4-5H2,(H,14,16)(H,15,17)(H,18,19)/t8-,9+/m0/s1. The Balaban J connectivity index is 1.90. The van der Waals surface area contributed by atoms with Gasteiger partial charge in [0.05, 0.1) is 16.7 Å². The van der Waals surface area contributed by atoms with Crippen LogP contribution < -0.4 is 10.9 Å². The molecule has 1 saturated carbocycles. The van der Waals surface area contributed by atoms with Crippen LogP contribution in [0.1, 0.15) is 35.4 Å². The second kappa shape index (κ2) is 6.51. The molecule has 0 saturated heterocycles. The second-order valence-electron chi connectivity index (χ2n) is 4.76. The van der Waals surface area contributed by atoms with Crippen LogP contribution in [-0.4, -0.2) is 22.9 Å². The van der Waals surface area contributed by atoms with Crippen LogP contribution in [0.2, 0.25) is 0 Å². The van der Waals surface area contributed by atoms with E-state index in [2.05, 4.69) is 10.9 Å². The Hall–Kier alpha value is -1.89. The summed E-state index contributed by atoms with van der Waals surface area (Å²) in [6.07, 6.45) is 2.70. The minimum absolute atomic E-state index is 0.393. The predicted molar refractivity (Wildman–Crippen MR) is 73.0 cm³/mol. The monoisotopic (exact) mass is 296 g/mol. The average Bonchev–Trinajstić information content (AvgIpc) is 2.98. The highest BCUT2D eigenvalue weighted by Gasteiger charge is 2.35. The van der Waals surface area contributed by atoms with Gasteiger partial charge in [0.15, 0.2) is 0 Å². The van der Waals surface area contributed by atoms with Gasteiger partial charge in [0.1, 0.15) is 0 Å². The van der Waals surface area contributed by atoms with E-state index in [0.717, 1.165) is 12.8 Å². The van der Waals surface area contributed by atoms with Crippen molar-refractivity contribution in [2.24, 2.45) is 11.8 Å². The maximum atomic E-state index is 12.0. The molecule has 1 fully saturated rings. The molecule has 108 valence electrons. The zero-order valence-electron chi connectivity index (χ0n) is 10.8. The van der Waals surface area contributed by atoms with Crippen LogP contribution in [0, 0.1) is 11.8 Å². The molecule has 1 aromatic rings. The molecule has 1 aliphatic carbocycles.